The number of esters is 1. The summed E-state index contributed by atoms with van der Waals surface area (Å²) in [5.41, 5.74) is 0.109. The molecule has 0 fully saturated rings. The molecule has 0 aliphatic heterocycles. The number of aromatic carboxylic acids is 1. The van der Waals surface area contributed by atoms with Gasteiger partial charge in [-0.2, -0.15) is 0 Å². The normalized spacial score (nSPS) is 9.96. The van der Waals surface area contributed by atoms with E-state index in [0.29, 0.717) is 6.61 Å². The van der Waals surface area contributed by atoms with E-state index in [1.807, 2.05) is 0 Å². The van der Waals surface area contributed by atoms with Gasteiger partial charge in [0.05, 0.1) is 17.7 Å². The summed E-state index contributed by atoms with van der Waals surface area (Å²) in [6, 6.07) is 6.13. The van der Waals surface area contributed by atoms with Gasteiger partial charge in [-0.05, 0) is 18.6 Å². The molecule has 1 rings (SSSR count). The van der Waals surface area contributed by atoms with Gasteiger partial charge in [0.25, 0.3) is 0 Å². The molecule has 23 heavy (non-hydrogen) atoms. The first-order valence-electron chi connectivity index (χ1n) is 8.16. The van der Waals surface area contributed by atoms with Crippen molar-refractivity contribution in [1.82, 2.24) is 0 Å². The molecule has 0 aliphatic carbocycles. The van der Waals surface area contributed by atoms with Crippen LogP contribution in [0.3, 0.4) is 0 Å². The molecule has 0 saturated heterocycles. The molecule has 0 aromatic heterocycles. The number of rotatable bonds is 11. The maximum atomic E-state index is 11.9. The van der Waals surface area contributed by atoms with Crippen molar-refractivity contribution in [2.24, 2.45) is 0 Å². The maximum absolute atomic E-state index is 11.9. The van der Waals surface area contributed by atoms with Crippen LogP contribution in [0, 0.1) is 0 Å². The SMILES string of the molecule is CCCCCCCCCCOC(=O)c1ccccc1C(=O)O.[NaH]. The summed E-state index contributed by atoms with van der Waals surface area (Å²) in [5, 5.41) is 9.04. The number of hydrogen-bond acceptors (Lipinski definition) is 3. The van der Waals surface area contributed by atoms with E-state index in [-0.39, 0.29) is 40.7 Å². The van der Waals surface area contributed by atoms with E-state index in [2.05, 4.69) is 6.92 Å². The van der Waals surface area contributed by atoms with Gasteiger partial charge in [0.1, 0.15) is 0 Å². The second-order valence-electron chi connectivity index (χ2n) is 5.46. The third-order valence-electron chi connectivity index (χ3n) is 3.61. The summed E-state index contributed by atoms with van der Waals surface area (Å²) in [7, 11) is 0. The van der Waals surface area contributed by atoms with Crippen LogP contribution in [0.2, 0.25) is 0 Å². The van der Waals surface area contributed by atoms with Crippen molar-refractivity contribution in [2.45, 2.75) is 58.3 Å². The quantitative estimate of drug-likeness (QED) is 0.378. The predicted octanol–water partition coefficient (Wildman–Crippen LogP) is 4.03. The molecule has 1 aromatic rings. The van der Waals surface area contributed by atoms with Crippen molar-refractivity contribution in [3.05, 3.63) is 35.4 Å². The zero-order valence-electron chi connectivity index (χ0n) is 13.3. The van der Waals surface area contributed by atoms with Crippen LogP contribution in [0.4, 0.5) is 0 Å². The van der Waals surface area contributed by atoms with Gasteiger partial charge in [-0.15, -0.1) is 0 Å². The van der Waals surface area contributed by atoms with E-state index in [4.69, 9.17) is 9.84 Å². The molecule has 4 nitrogen and oxygen atoms in total. The second kappa shape index (κ2) is 13.6. The van der Waals surface area contributed by atoms with E-state index in [1.165, 1.54) is 44.2 Å². The topological polar surface area (TPSA) is 63.6 Å². The average molecular weight is 330 g/mol. The van der Waals surface area contributed by atoms with Crippen LogP contribution < -0.4 is 0 Å². The van der Waals surface area contributed by atoms with Crippen LogP contribution in [0.5, 0.6) is 0 Å². The van der Waals surface area contributed by atoms with Crippen LogP contribution in [0.15, 0.2) is 24.3 Å². The average Bonchev–Trinajstić information content (AvgIpc) is 2.53. The number of ether oxygens (including phenoxy) is 1. The van der Waals surface area contributed by atoms with E-state index in [1.54, 1.807) is 12.1 Å². The van der Waals surface area contributed by atoms with Crippen molar-refractivity contribution < 1.29 is 19.4 Å². The molecule has 0 bridgehead atoms. The molecule has 0 aliphatic rings. The zero-order chi connectivity index (χ0) is 16.2. The van der Waals surface area contributed by atoms with Gasteiger partial charge in [0.15, 0.2) is 0 Å². The second-order valence-corrected chi connectivity index (χ2v) is 5.46. The minimum absolute atomic E-state index is 0. The Morgan fingerprint density at radius 1 is 0.913 bits per heavy atom. The van der Waals surface area contributed by atoms with Crippen molar-refractivity contribution in [2.75, 3.05) is 6.61 Å². The molecule has 0 spiro atoms. The Kier molecular flexibility index (Phi) is 13.1. The Morgan fingerprint density at radius 3 is 2.00 bits per heavy atom. The number of hydrogen-bond donors (Lipinski definition) is 1. The van der Waals surface area contributed by atoms with E-state index >= 15 is 0 Å². The number of carbonyl (C=O) groups excluding carboxylic acids is 1. The molecule has 124 valence electrons. The molecular weight excluding hydrogens is 303 g/mol. The van der Waals surface area contributed by atoms with Gasteiger partial charge in [-0.1, -0.05) is 64.0 Å². The zero-order valence-corrected chi connectivity index (χ0v) is 13.3. The van der Waals surface area contributed by atoms with E-state index < -0.39 is 11.9 Å². The molecule has 0 heterocycles. The molecule has 1 aromatic carbocycles. The molecule has 0 saturated carbocycles. The van der Waals surface area contributed by atoms with Crippen LogP contribution in [-0.2, 0) is 4.74 Å². The minimum atomic E-state index is -1.11. The van der Waals surface area contributed by atoms with Crippen LogP contribution >= 0.6 is 0 Å². The summed E-state index contributed by atoms with van der Waals surface area (Å²) in [4.78, 5) is 22.9. The molecule has 0 radical (unpaired) electrons. The number of carboxylic acids is 1. The summed E-state index contributed by atoms with van der Waals surface area (Å²) in [6.45, 7) is 2.55. The van der Waals surface area contributed by atoms with Crippen LogP contribution in [0.25, 0.3) is 0 Å². The number of benzene rings is 1. The fourth-order valence-corrected chi connectivity index (χ4v) is 2.33. The first-order valence-corrected chi connectivity index (χ1v) is 8.16. The van der Waals surface area contributed by atoms with Gasteiger partial charge in [-0.3, -0.25) is 0 Å². The van der Waals surface area contributed by atoms with E-state index in [0.717, 1.165) is 19.3 Å². The fourth-order valence-electron chi connectivity index (χ4n) is 2.33. The van der Waals surface area contributed by atoms with Crippen molar-refractivity contribution in [3.63, 3.8) is 0 Å². The third-order valence-corrected chi connectivity index (χ3v) is 3.61. The third kappa shape index (κ3) is 9.14. The summed E-state index contributed by atoms with van der Waals surface area (Å²) < 4.78 is 5.16. The number of carboxylic acid groups (broad SMARTS) is 1. The van der Waals surface area contributed by atoms with Gasteiger partial charge in [0.2, 0.25) is 0 Å². The Balaban J connectivity index is 0.00000484. The van der Waals surface area contributed by atoms with Crippen LogP contribution in [-0.4, -0.2) is 53.2 Å². The summed E-state index contributed by atoms with van der Waals surface area (Å²) in [5.74, 6) is -1.67. The van der Waals surface area contributed by atoms with Crippen molar-refractivity contribution in [1.29, 1.82) is 0 Å². The number of carbonyl (C=O) groups is 2. The molecular formula is C18H27NaO4. The summed E-state index contributed by atoms with van der Waals surface area (Å²) in [6.07, 6.45) is 9.41. The Hall–Kier alpha value is -0.840. The first-order chi connectivity index (χ1) is 10.7. The van der Waals surface area contributed by atoms with Gasteiger partial charge in [0, 0.05) is 0 Å². The molecule has 0 atom stereocenters. The summed E-state index contributed by atoms with van der Waals surface area (Å²) >= 11 is 0. The molecule has 5 heteroatoms. The standard InChI is InChI=1S/C18H26O4.Na.H/c1-2-3-4-5-6-7-8-11-14-22-18(21)16-13-10-9-12-15(16)17(19)20;;/h9-10,12-13H,2-8,11,14H2,1H3,(H,19,20);;. The Labute approximate surface area is 160 Å². The monoisotopic (exact) mass is 330 g/mol. The fraction of sp³-hybridized carbons (Fsp3) is 0.556. The van der Waals surface area contributed by atoms with Crippen molar-refractivity contribution in [3.8, 4) is 0 Å². The predicted molar refractivity (Wildman–Crippen MR) is 93.4 cm³/mol. The Bertz CT molecular complexity index is 474. The molecule has 0 amide bonds. The molecule has 0 unspecified atom stereocenters. The molecule has 1 N–H and O–H groups in total. The number of unbranched alkanes of at least 4 members (excludes halogenated alkanes) is 7. The van der Waals surface area contributed by atoms with Gasteiger partial charge < -0.3 is 9.84 Å². The van der Waals surface area contributed by atoms with Crippen molar-refractivity contribution >= 4 is 41.5 Å². The van der Waals surface area contributed by atoms with Gasteiger partial charge >= 0.3 is 41.5 Å². The Morgan fingerprint density at radius 2 is 1.43 bits per heavy atom. The van der Waals surface area contributed by atoms with Gasteiger partial charge in [-0.25, -0.2) is 9.59 Å². The first kappa shape index (κ1) is 22.2. The van der Waals surface area contributed by atoms with E-state index in [9.17, 15) is 9.59 Å². The van der Waals surface area contributed by atoms with Crippen LogP contribution in [0.1, 0.15) is 79.0 Å².